The molecule has 0 aromatic heterocycles. The molecule has 3 aromatic carbocycles. The van der Waals surface area contributed by atoms with Gasteiger partial charge in [0.2, 0.25) is 16.8 Å². The van der Waals surface area contributed by atoms with E-state index in [0.717, 1.165) is 46.4 Å². The minimum atomic E-state index is -3.54. The molecule has 3 aliphatic rings. The Kier molecular flexibility index (Phi) is 6.06. The molecule has 6 rings (SSSR count). The van der Waals surface area contributed by atoms with Gasteiger partial charge >= 0.3 is 0 Å². The van der Waals surface area contributed by atoms with E-state index < -0.39 is 15.4 Å². The summed E-state index contributed by atoms with van der Waals surface area (Å²) in [6, 6.07) is 18.9. The van der Waals surface area contributed by atoms with Gasteiger partial charge in [0.05, 0.1) is 23.5 Å². The van der Waals surface area contributed by atoms with Crippen LogP contribution in [-0.4, -0.2) is 51.6 Å². The van der Waals surface area contributed by atoms with Crippen molar-refractivity contribution in [3.05, 3.63) is 77.4 Å². The van der Waals surface area contributed by atoms with Crippen LogP contribution >= 0.6 is 0 Å². The predicted molar refractivity (Wildman–Crippen MR) is 138 cm³/mol. The van der Waals surface area contributed by atoms with Gasteiger partial charge in [-0.15, -0.1) is 0 Å². The van der Waals surface area contributed by atoms with Crippen LogP contribution in [0.4, 0.5) is 0 Å². The van der Waals surface area contributed by atoms with Crippen molar-refractivity contribution in [1.82, 2.24) is 4.31 Å². The van der Waals surface area contributed by atoms with Crippen molar-refractivity contribution in [2.45, 2.75) is 36.5 Å². The molecule has 0 spiro atoms. The second-order valence-corrected chi connectivity index (χ2v) is 11.9. The molecular formula is C29H29NO6S. The zero-order chi connectivity index (χ0) is 25.6. The summed E-state index contributed by atoms with van der Waals surface area (Å²) in [5.74, 6) is 1.63. The van der Waals surface area contributed by atoms with Crippen molar-refractivity contribution >= 4 is 15.8 Å². The normalized spacial score (nSPS) is 18.5. The van der Waals surface area contributed by atoms with E-state index in [1.807, 2.05) is 49.4 Å². The van der Waals surface area contributed by atoms with Gasteiger partial charge < -0.3 is 14.2 Å². The summed E-state index contributed by atoms with van der Waals surface area (Å²) in [5.41, 5.74) is 4.46. The Labute approximate surface area is 217 Å². The molecule has 3 aromatic rings. The molecule has 2 heterocycles. The molecule has 0 radical (unpaired) electrons. The van der Waals surface area contributed by atoms with Gasteiger partial charge in [-0.2, -0.15) is 4.31 Å². The van der Waals surface area contributed by atoms with Crippen LogP contribution < -0.4 is 9.47 Å². The monoisotopic (exact) mass is 519 g/mol. The van der Waals surface area contributed by atoms with Crippen molar-refractivity contribution in [3.63, 3.8) is 0 Å². The fourth-order valence-corrected chi connectivity index (χ4v) is 6.64. The molecule has 7 nitrogen and oxygen atoms in total. The zero-order valence-electron chi connectivity index (χ0n) is 20.7. The fraction of sp³-hybridized carbons (Fsp3) is 0.345. The number of hydrogen-bond acceptors (Lipinski definition) is 6. The predicted octanol–water partition coefficient (Wildman–Crippen LogP) is 4.26. The first kappa shape index (κ1) is 24.2. The van der Waals surface area contributed by atoms with E-state index in [0.29, 0.717) is 38.5 Å². The molecule has 192 valence electrons. The van der Waals surface area contributed by atoms with E-state index in [4.69, 9.17) is 14.2 Å². The Hall–Kier alpha value is -3.20. The van der Waals surface area contributed by atoms with Crippen LogP contribution in [-0.2, 0) is 31.4 Å². The van der Waals surface area contributed by atoms with E-state index in [1.54, 1.807) is 12.1 Å². The van der Waals surface area contributed by atoms with E-state index >= 15 is 0 Å². The largest absolute Gasteiger partial charge is 0.454 e. The number of rotatable bonds is 7. The van der Waals surface area contributed by atoms with Crippen LogP contribution in [0.2, 0.25) is 0 Å². The number of fused-ring (bicyclic) bond motifs is 1. The molecule has 0 atom stereocenters. The van der Waals surface area contributed by atoms with Crippen LogP contribution in [0.5, 0.6) is 11.5 Å². The van der Waals surface area contributed by atoms with Crippen molar-refractivity contribution < 1.29 is 27.4 Å². The van der Waals surface area contributed by atoms with E-state index in [2.05, 4.69) is 6.07 Å². The molecule has 0 unspecified atom stereocenters. The third-order valence-electron chi connectivity index (χ3n) is 7.65. The highest BCUT2D eigenvalue weighted by Crippen LogP contribution is 2.51. The first-order chi connectivity index (χ1) is 17.9. The van der Waals surface area contributed by atoms with Gasteiger partial charge in [-0.05, 0) is 71.8 Å². The summed E-state index contributed by atoms with van der Waals surface area (Å²) in [4.78, 5) is 13.8. The first-order valence-corrected chi connectivity index (χ1v) is 14.0. The number of ketones is 1. The van der Waals surface area contributed by atoms with Crippen molar-refractivity contribution in [2.24, 2.45) is 0 Å². The number of sulfonamides is 1. The number of Topliss-reactive ketones (excluding diaryl/α,β-unsaturated/α-hetero) is 1. The molecule has 0 N–H and O–H groups in total. The summed E-state index contributed by atoms with van der Waals surface area (Å²) in [6.45, 7) is 3.80. The molecule has 37 heavy (non-hydrogen) atoms. The topological polar surface area (TPSA) is 82.1 Å². The minimum Gasteiger partial charge on any atom is -0.454 e. The number of carbonyl (C=O) groups excluding carboxylic acids is 1. The Morgan fingerprint density at radius 1 is 0.919 bits per heavy atom. The van der Waals surface area contributed by atoms with E-state index in [-0.39, 0.29) is 17.5 Å². The average molecular weight is 520 g/mol. The highest BCUT2D eigenvalue weighted by Gasteiger charge is 2.50. The second kappa shape index (κ2) is 9.28. The van der Waals surface area contributed by atoms with Gasteiger partial charge in [-0.3, -0.25) is 4.79 Å². The molecule has 1 saturated carbocycles. The Morgan fingerprint density at radius 3 is 2.38 bits per heavy atom. The van der Waals surface area contributed by atoms with Gasteiger partial charge in [0, 0.05) is 19.5 Å². The molecule has 0 amide bonds. The van der Waals surface area contributed by atoms with Crippen LogP contribution in [0, 0.1) is 6.92 Å². The minimum absolute atomic E-state index is 0.202. The maximum atomic E-state index is 13.5. The summed E-state index contributed by atoms with van der Waals surface area (Å²) >= 11 is 0. The average Bonchev–Trinajstić information content (AvgIpc) is 3.61. The summed E-state index contributed by atoms with van der Waals surface area (Å²) in [7, 11) is -3.54. The fourth-order valence-electron chi connectivity index (χ4n) is 5.23. The SMILES string of the molecule is Cc1ccc(CC(=O)C2(c3ccc4c(c3)OCO4)CC2)cc1-c1ccc(S(=O)(=O)N2CCOCC2)cc1. The summed E-state index contributed by atoms with van der Waals surface area (Å²) in [5, 5.41) is 0. The lowest BCUT2D eigenvalue weighted by molar-refractivity contribution is -0.120. The van der Waals surface area contributed by atoms with Gasteiger partial charge in [-0.1, -0.05) is 36.4 Å². The van der Waals surface area contributed by atoms with Crippen LogP contribution in [0.25, 0.3) is 11.1 Å². The van der Waals surface area contributed by atoms with Crippen LogP contribution in [0.1, 0.15) is 29.5 Å². The van der Waals surface area contributed by atoms with Gasteiger partial charge in [0.1, 0.15) is 5.78 Å². The Balaban J connectivity index is 1.22. The molecule has 2 fully saturated rings. The molecule has 0 bridgehead atoms. The van der Waals surface area contributed by atoms with Crippen molar-refractivity contribution in [1.29, 1.82) is 0 Å². The molecule has 2 aliphatic heterocycles. The molecule has 8 heteroatoms. The summed E-state index contributed by atoms with van der Waals surface area (Å²) in [6.07, 6.45) is 2.01. The molecule has 1 saturated heterocycles. The van der Waals surface area contributed by atoms with Gasteiger partial charge in [0.15, 0.2) is 11.5 Å². The first-order valence-electron chi connectivity index (χ1n) is 12.6. The number of nitrogens with zero attached hydrogens (tertiary/aromatic N) is 1. The maximum Gasteiger partial charge on any atom is 0.243 e. The lowest BCUT2D eigenvalue weighted by Crippen LogP contribution is -2.40. The third-order valence-corrected chi connectivity index (χ3v) is 9.56. The second-order valence-electron chi connectivity index (χ2n) is 9.94. The third kappa shape index (κ3) is 4.43. The summed E-state index contributed by atoms with van der Waals surface area (Å²) < 4.78 is 43.6. The van der Waals surface area contributed by atoms with Crippen molar-refractivity contribution in [3.8, 4) is 22.6 Å². The van der Waals surface area contributed by atoms with Crippen LogP contribution in [0.3, 0.4) is 0 Å². The number of benzene rings is 3. The number of aryl methyl sites for hydroxylation is 1. The molecule has 1 aliphatic carbocycles. The maximum absolute atomic E-state index is 13.5. The standard InChI is InChI=1S/C29H29NO6S/c1-20-2-3-21(17-28(31)29(10-11-29)23-6-9-26-27(18-23)36-19-35-26)16-25(20)22-4-7-24(8-5-22)37(32,33)30-12-14-34-15-13-30/h2-9,16,18H,10-15,17,19H2,1H3. The molecular weight excluding hydrogens is 490 g/mol. The number of carbonyl (C=O) groups is 1. The Morgan fingerprint density at radius 2 is 1.65 bits per heavy atom. The van der Waals surface area contributed by atoms with Gasteiger partial charge in [0.25, 0.3) is 0 Å². The highest BCUT2D eigenvalue weighted by atomic mass is 32.2. The smallest absolute Gasteiger partial charge is 0.243 e. The zero-order valence-corrected chi connectivity index (χ0v) is 21.6. The quantitative estimate of drug-likeness (QED) is 0.464. The number of hydrogen-bond donors (Lipinski definition) is 0. The highest BCUT2D eigenvalue weighted by molar-refractivity contribution is 7.89. The van der Waals surface area contributed by atoms with Crippen molar-refractivity contribution in [2.75, 3.05) is 33.1 Å². The number of ether oxygens (including phenoxy) is 3. The number of morpholine rings is 1. The van der Waals surface area contributed by atoms with E-state index in [1.165, 1.54) is 4.31 Å². The van der Waals surface area contributed by atoms with Crippen LogP contribution in [0.15, 0.2) is 65.6 Å². The lowest BCUT2D eigenvalue weighted by atomic mass is 9.87. The van der Waals surface area contributed by atoms with E-state index in [9.17, 15) is 13.2 Å². The lowest BCUT2D eigenvalue weighted by Gasteiger charge is -2.26. The van der Waals surface area contributed by atoms with Gasteiger partial charge in [-0.25, -0.2) is 8.42 Å². The Bertz CT molecular complexity index is 1450.